The average molecular weight is 347 g/mol. The highest BCUT2D eigenvalue weighted by Gasteiger charge is 2.42. The minimum Gasteiger partial charge on any atom is -0.481 e. The fourth-order valence-corrected chi connectivity index (χ4v) is 3.75. The molecule has 0 spiro atoms. The van der Waals surface area contributed by atoms with Gasteiger partial charge < -0.3 is 10.0 Å². The van der Waals surface area contributed by atoms with Gasteiger partial charge in [0.25, 0.3) is 5.91 Å². The van der Waals surface area contributed by atoms with Crippen LogP contribution in [0.25, 0.3) is 0 Å². The summed E-state index contributed by atoms with van der Waals surface area (Å²) in [6.07, 6.45) is 1.39. The van der Waals surface area contributed by atoms with E-state index in [9.17, 15) is 14.4 Å². The van der Waals surface area contributed by atoms with Gasteiger partial charge in [-0.1, -0.05) is 44.2 Å². The van der Waals surface area contributed by atoms with Gasteiger partial charge in [0.05, 0.1) is 6.42 Å². The van der Waals surface area contributed by atoms with Crippen molar-refractivity contribution in [1.82, 2.24) is 4.90 Å². The molecule has 0 aliphatic carbocycles. The summed E-state index contributed by atoms with van der Waals surface area (Å²) in [5.74, 6) is -1.50. The molecule has 128 valence electrons. The predicted molar refractivity (Wildman–Crippen MR) is 93.9 cm³/mol. The molecule has 1 N–H and O–H groups in total. The monoisotopic (exact) mass is 347 g/mol. The van der Waals surface area contributed by atoms with Crippen molar-refractivity contribution in [3.05, 3.63) is 47.0 Å². The van der Waals surface area contributed by atoms with Crippen molar-refractivity contribution in [2.45, 2.75) is 25.6 Å². The van der Waals surface area contributed by atoms with Crippen LogP contribution in [-0.2, 0) is 9.59 Å². The van der Waals surface area contributed by atoms with Crippen LogP contribution in [0.4, 0.5) is 0 Å². The van der Waals surface area contributed by atoms with E-state index >= 15 is 0 Å². The second kappa shape index (κ2) is 7.66. The molecule has 1 aliphatic rings. The topological polar surface area (TPSA) is 74.7 Å². The molecule has 2 rings (SSSR count). The Bertz CT molecular complexity index is 682. The molecule has 0 saturated heterocycles. The summed E-state index contributed by atoms with van der Waals surface area (Å²) in [5, 5.41) is 8.72. The molecule has 1 atom stereocenters. The molecule has 5 nitrogen and oxygen atoms in total. The van der Waals surface area contributed by atoms with Crippen LogP contribution in [-0.4, -0.2) is 45.8 Å². The highest BCUT2D eigenvalue weighted by molar-refractivity contribution is 7.99. The number of Topliss-reactive ketones (excluding diaryl/α,β-unsaturated/α-hetero) is 1. The standard InChI is InChI=1S/C18H21NO4S/c1-11(2)10-19-17(23)13(9-14(20)21)15(18(19)24-3)16(22)12-7-5-4-6-8-12/h4-8,11,18H,9-10H2,1-3H3,(H,20,21)/t18-/m0/s1. The maximum atomic E-state index is 12.9. The Balaban J connectivity index is 2.50. The molecule has 1 aromatic carbocycles. The molecule has 0 unspecified atom stereocenters. The van der Waals surface area contributed by atoms with Crippen LogP contribution in [0, 0.1) is 5.92 Å². The van der Waals surface area contributed by atoms with E-state index < -0.39 is 17.8 Å². The first-order valence-corrected chi connectivity index (χ1v) is 9.04. The number of carbonyl (C=O) groups excluding carboxylic acids is 2. The van der Waals surface area contributed by atoms with Crippen LogP contribution < -0.4 is 0 Å². The number of aliphatic carboxylic acids is 1. The first kappa shape index (κ1) is 18.3. The summed E-state index contributed by atoms with van der Waals surface area (Å²) in [4.78, 5) is 38.5. The summed E-state index contributed by atoms with van der Waals surface area (Å²) in [5.41, 5.74) is 0.881. The lowest BCUT2D eigenvalue weighted by molar-refractivity contribution is -0.137. The van der Waals surface area contributed by atoms with E-state index in [-0.39, 0.29) is 23.2 Å². The van der Waals surface area contributed by atoms with Gasteiger partial charge in [-0.15, -0.1) is 11.8 Å². The van der Waals surface area contributed by atoms with Crippen LogP contribution in [0.5, 0.6) is 0 Å². The Kier molecular flexibility index (Phi) is 5.83. The van der Waals surface area contributed by atoms with Gasteiger partial charge in [0.15, 0.2) is 5.78 Å². The van der Waals surface area contributed by atoms with Crippen LogP contribution >= 0.6 is 11.8 Å². The average Bonchev–Trinajstić information content (AvgIpc) is 2.79. The van der Waals surface area contributed by atoms with Crippen LogP contribution in [0.1, 0.15) is 30.6 Å². The van der Waals surface area contributed by atoms with Crippen LogP contribution in [0.15, 0.2) is 41.5 Å². The van der Waals surface area contributed by atoms with Crippen molar-refractivity contribution in [2.24, 2.45) is 5.92 Å². The minimum absolute atomic E-state index is 0.108. The van der Waals surface area contributed by atoms with Gasteiger partial charge in [-0.2, -0.15) is 0 Å². The second-order valence-corrected chi connectivity index (χ2v) is 7.02. The van der Waals surface area contributed by atoms with Gasteiger partial charge >= 0.3 is 5.97 Å². The number of ketones is 1. The zero-order valence-corrected chi connectivity index (χ0v) is 14.8. The third kappa shape index (κ3) is 3.70. The molecular formula is C18H21NO4S. The normalized spacial score (nSPS) is 17.8. The molecule has 0 radical (unpaired) electrons. The molecule has 0 bridgehead atoms. The van der Waals surface area contributed by atoms with E-state index in [0.717, 1.165) is 0 Å². The number of thioether (sulfide) groups is 1. The number of carboxylic acid groups (broad SMARTS) is 1. The van der Waals surface area contributed by atoms with Crippen molar-refractivity contribution in [2.75, 3.05) is 12.8 Å². The number of carboxylic acids is 1. The Morgan fingerprint density at radius 1 is 1.25 bits per heavy atom. The molecule has 1 aromatic rings. The summed E-state index contributed by atoms with van der Waals surface area (Å²) < 4.78 is 0. The summed E-state index contributed by atoms with van der Waals surface area (Å²) in [7, 11) is 0. The Hall–Kier alpha value is -2.08. The lowest BCUT2D eigenvalue weighted by Crippen LogP contribution is -2.37. The highest BCUT2D eigenvalue weighted by atomic mass is 32.2. The molecule has 1 amide bonds. The third-order valence-corrected chi connectivity index (χ3v) is 4.70. The fraction of sp³-hybridized carbons (Fsp3) is 0.389. The number of hydrogen-bond donors (Lipinski definition) is 1. The largest absolute Gasteiger partial charge is 0.481 e. The number of rotatable bonds is 7. The van der Waals surface area contributed by atoms with Crippen molar-refractivity contribution in [3.63, 3.8) is 0 Å². The van der Waals surface area contributed by atoms with Gasteiger partial charge in [0, 0.05) is 23.3 Å². The fourth-order valence-electron chi connectivity index (χ4n) is 2.83. The van der Waals surface area contributed by atoms with Gasteiger partial charge in [0.1, 0.15) is 5.37 Å². The van der Waals surface area contributed by atoms with E-state index in [0.29, 0.717) is 17.7 Å². The first-order chi connectivity index (χ1) is 11.4. The smallest absolute Gasteiger partial charge is 0.308 e. The number of carbonyl (C=O) groups is 3. The number of benzene rings is 1. The minimum atomic E-state index is -1.11. The Labute approximate surface area is 145 Å². The van der Waals surface area contributed by atoms with Gasteiger partial charge in [-0.25, -0.2) is 0 Å². The molecule has 1 aliphatic heterocycles. The zero-order chi connectivity index (χ0) is 17.9. The van der Waals surface area contributed by atoms with E-state index in [2.05, 4.69) is 0 Å². The van der Waals surface area contributed by atoms with E-state index in [4.69, 9.17) is 5.11 Å². The molecule has 0 aromatic heterocycles. The van der Waals surface area contributed by atoms with E-state index in [1.54, 1.807) is 35.2 Å². The van der Waals surface area contributed by atoms with Crippen molar-refractivity contribution >= 4 is 29.4 Å². The van der Waals surface area contributed by atoms with Crippen molar-refractivity contribution < 1.29 is 19.5 Å². The lowest BCUT2D eigenvalue weighted by atomic mass is 9.98. The van der Waals surface area contributed by atoms with E-state index in [1.165, 1.54) is 11.8 Å². The van der Waals surface area contributed by atoms with Crippen molar-refractivity contribution in [1.29, 1.82) is 0 Å². The number of amides is 1. The lowest BCUT2D eigenvalue weighted by Gasteiger charge is -2.27. The molecular weight excluding hydrogens is 326 g/mol. The van der Waals surface area contributed by atoms with Crippen LogP contribution in [0.3, 0.4) is 0 Å². The zero-order valence-electron chi connectivity index (χ0n) is 14.0. The SMILES string of the molecule is CS[C@H]1C(C(=O)c2ccccc2)=C(CC(=O)O)C(=O)N1CC(C)C. The second-order valence-electron chi connectivity index (χ2n) is 6.10. The third-order valence-electron chi connectivity index (χ3n) is 3.77. The number of hydrogen-bond acceptors (Lipinski definition) is 4. The predicted octanol–water partition coefficient (Wildman–Crippen LogP) is 2.83. The Morgan fingerprint density at radius 2 is 1.88 bits per heavy atom. The molecule has 6 heteroatoms. The summed E-state index contributed by atoms with van der Waals surface area (Å²) >= 11 is 1.38. The van der Waals surface area contributed by atoms with Gasteiger partial charge in [0.2, 0.25) is 0 Å². The number of nitrogens with zero attached hydrogens (tertiary/aromatic N) is 1. The molecule has 24 heavy (non-hydrogen) atoms. The maximum Gasteiger partial charge on any atom is 0.308 e. The Morgan fingerprint density at radius 3 is 2.38 bits per heavy atom. The summed E-state index contributed by atoms with van der Waals surface area (Å²) in [6.45, 7) is 4.45. The maximum absolute atomic E-state index is 12.9. The molecule has 1 heterocycles. The van der Waals surface area contributed by atoms with Crippen LogP contribution in [0.2, 0.25) is 0 Å². The first-order valence-electron chi connectivity index (χ1n) is 7.75. The quantitative estimate of drug-likeness (QED) is 0.768. The molecule has 0 saturated carbocycles. The highest BCUT2D eigenvalue weighted by Crippen LogP contribution is 2.36. The summed E-state index contributed by atoms with van der Waals surface area (Å²) in [6, 6.07) is 8.67. The molecule has 0 fully saturated rings. The van der Waals surface area contributed by atoms with Gasteiger partial charge in [-0.3, -0.25) is 14.4 Å². The van der Waals surface area contributed by atoms with E-state index in [1.807, 2.05) is 20.1 Å². The van der Waals surface area contributed by atoms with Crippen molar-refractivity contribution in [3.8, 4) is 0 Å². The van der Waals surface area contributed by atoms with Gasteiger partial charge in [-0.05, 0) is 12.2 Å².